The quantitative estimate of drug-likeness (QED) is 0.528. The number of likely N-dealkylation sites (tertiary alicyclic amines) is 1. The molecule has 1 aliphatic carbocycles. The number of carboxylic acid groups (broad SMARTS) is 1. The molecule has 0 radical (unpaired) electrons. The Morgan fingerprint density at radius 3 is 2.30 bits per heavy atom. The number of aliphatic carboxylic acids is 1. The predicted molar refractivity (Wildman–Crippen MR) is 122 cm³/mol. The second kappa shape index (κ2) is 9.21. The number of carboxylic acids is 1. The fraction of sp³-hybridized carbons (Fsp3) is 0.269. The fourth-order valence-electron chi connectivity index (χ4n) is 4.42. The van der Waals surface area contributed by atoms with E-state index in [0.717, 1.165) is 22.3 Å². The van der Waals surface area contributed by atoms with Crippen molar-refractivity contribution in [3.63, 3.8) is 0 Å². The molecule has 168 valence electrons. The smallest absolute Gasteiger partial charge is 0.407 e. The van der Waals surface area contributed by atoms with Gasteiger partial charge < -0.3 is 20.1 Å². The van der Waals surface area contributed by atoms with Gasteiger partial charge in [0.1, 0.15) is 12.0 Å². The summed E-state index contributed by atoms with van der Waals surface area (Å²) in [6, 6.07) is 16.2. The van der Waals surface area contributed by atoms with E-state index in [1.54, 1.807) is 6.08 Å². The van der Waals surface area contributed by atoms with Crippen molar-refractivity contribution in [2.45, 2.75) is 12.3 Å². The number of allylic oxidation sites excluding steroid dienone is 1. The molecule has 4 rings (SSSR count). The van der Waals surface area contributed by atoms with Gasteiger partial charge in [-0.2, -0.15) is 0 Å². The van der Waals surface area contributed by atoms with Crippen molar-refractivity contribution >= 4 is 18.0 Å². The minimum Gasteiger partial charge on any atom is -0.481 e. The highest BCUT2D eigenvalue weighted by Gasteiger charge is 2.50. The summed E-state index contributed by atoms with van der Waals surface area (Å²) >= 11 is 0. The van der Waals surface area contributed by atoms with Gasteiger partial charge in [0.25, 0.3) is 5.91 Å². The molecule has 7 nitrogen and oxygen atoms in total. The molecule has 2 aromatic carbocycles. The third-order valence-electron chi connectivity index (χ3n) is 6.12. The second-order valence-electron chi connectivity index (χ2n) is 8.22. The third kappa shape index (κ3) is 4.33. The van der Waals surface area contributed by atoms with Crippen molar-refractivity contribution in [3.05, 3.63) is 72.3 Å². The molecule has 0 unspecified atom stereocenters. The van der Waals surface area contributed by atoms with Gasteiger partial charge in [-0.3, -0.25) is 9.59 Å². The van der Waals surface area contributed by atoms with Crippen LogP contribution in [0, 0.1) is 17.3 Å². The van der Waals surface area contributed by atoms with Crippen LogP contribution in [0.15, 0.2) is 61.2 Å². The first-order valence-corrected chi connectivity index (χ1v) is 10.7. The van der Waals surface area contributed by atoms with Crippen molar-refractivity contribution < 1.29 is 24.2 Å². The van der Waals surface area contributed by atoms with E-state index in [1.807, 2.05) is 36.4 Å². The number of fused-ring (bicyclic) bond motifs is 3. The van der Waals surface area contributed by atoms with Gasteiger partial charge in [0.05, 0.1) is 6.54 Å². The van der Waals surface area contributed by atoms with Crippen molar-refractivity contribution in [3.8, 4) is 23.0 Å². The zero-order valence-electron chi connectivity index (χ0n) is 18.0. The Bertz CT molecular complexity index is 1120. The molecule has 33 heavy (non-hydrogen) atoms. The molecular weight excluding hydrogens is 420 g/mol. The number of alkyl carbamates (subject to hydrolysis) is 1. The lowest BCUT2D eigenvalue weighted by atomic mass is 9.77. The van der Waals surface area contributed by atoms with Crippen molar-refractivity contribution in [2.75, 3.05) is 26.2 Å². The number of amides is 2. The van der Waals surface area contributed by atoms with E-state index in [0.29, 0.717) is 6.42 Å². The van der Waals surface area contributed by atoms with Crippen molar-refractivity contribution in [2.24, 2.45) is 5.41 Å². The van der Waals surface area contributed by atoms with Crippen LogP contribution < -0.4 is 5.32 Å². The Morgan fingerprint density at radius 2 is 1.73 bits per heavy atom. The highest BCUT2D eigenvalue weighted by Crippen LogP contribution is 2.44. The molecule has 2 N–H and O–H groups in total. The van der Waals surface area contributed by atoms with Crippen LogP contribution in [0.4, 0.5) is 4.79 Å². The number of hydrogen-bond acceptors (Lipinski definition) is 4. The Labute approximate surface area is 192 Å². The molecule has 0 aromatic heterocycles. The highest BCUT2D eigenvalue weighted by atomic mass is 16.5. The molecule has 0 spiro atoms. The largest absolute Gasteiger partial charge is 0.481 e. The summed E-state index contributed by atoms with van der Waals surface area (Å²) in [4.78, 5) is 37.0. The number of nitrogens with zero attached hydrogens (tertiary/aromatic N) is 1. The number of nitrogens with one attached hydrogen (secondary N) is 1. The molecule has 0 saturated carbocycles. The van der Waals surface area contributed by atoms with E-state index in [9.17, 15) is 19.5 Å². The first kappa shape index (κ1) is 22.2. The maximum atomic E-state index is 12.1. The monoisotopic (exact) mass is 444 g/mol. The van der Waals surface area contributed by atoms with Gasteiger partial charge in [-0.05, 0) is 34.6 Å². The maximum Gasteiger partial charge on any atom is 0.407 e. The van der Waals surface area contributed by atoms with Crippen LogP contribution in [0.1, 0.15) is 23.5 Å². The number of ether oxygens (including phenoxy) is 1. The van der Waals surface area contributed by atoms with Gasteiger partial charge in [0, 0.05) is 19.0 Å². The lowest BCUT2D eigenvalue weighted by molar-refractivity contribution is -0.163. The van der Waals surface area contributed by atoms with Gasteiger partial charge in [0.2, 0.25) is 0 Å². The minimum atomic E-state index is -0.974. The molecule has 0 bridgehead atoms. The molecule has 1 heterocycles. The van der Waals surface area contributed by atoms with Crippen LogP contribution in [0.3, 0.4) is 0 Å². The Kier molecular flexibility index (Phi) is 6.18. The number of carbonyl (C=O) groups is 3. The lowest BCUT2D eigenvalue weighted by Crippen LogP contribution is -2.61. The van der Waals surface area contributed by atoms with Crippen LogP contribution in [0.25, 0.3) is 11.1 Å². The number of rotatable bonds is 6. The third-order valence-corrected chi connectivity index (χ3v) is 6.12. The number of hydrogen-bond donors (Lipinski definition) is 2. The standard InChI is InChI=1S/C26H24N2O5/c1-2-13-26(24(30)31)16-28(17-26)23(29)12-7-14-27-25(32)33-15-22-20-10-5-3-8-18(20)19-9-4-6-11-21(19)22/h2-6,8-11,22H,1,13-17H2,(H,27,32)(H,30,31). The Morgan fingerprint density at radius 1 is 1.12 bits per heavy atom. The van der Waals surface area contributed by atoms with Gasteiger partial charge in [-0.15, -0.1) is 6.58 Å². The SMILES string of the molecule is C=CCC1(C(=O)O)CN(C(=O)C#CCNC(=O)OCC2c3ccccc3-c3ccccc32)C1. The molecule has 2 aromatic rings. The minimum absolute atomic E-state index is 0.0349. The molecule has 0 atom stereocenters. The molecule has 1 saturated heterocycles. The molecule has 1 fully saturated rings. The molecule has 7 heteroatoms. The van der Waals surface area contributed by atoms with E-state index < -0.39 is 23.4 Å². The van der Waals surface area contributed by atoms with Gasteiger partial charge in [0.15, 0.2) is 0 Å². The summed E-state index contributed by atoms with van der Waals surface area (Å²) in [6.45, 7) is 3.92. The van der Waals surface area contributed by atoms with Crippen LogP contribution in [0.5, 0.6) is 0 Å². The first-order chi connectivity index (χ1) is 15.9. The van der Waals surface area contributed by atoms with E-state index in [-0.39, 0.29) is 32.2 Å². The summed E-state index contributed by atoms with van der Waals surface area (Å²) < 4.78 is 5.42. The summed E-state index contributed by atoms with van der Waals surface area (Å²) in [6.07, 6.45) is 1.22. The van der Waals surface area contributed by atoms with Gasteiger partial charge >= 0.3 is 12.1 Å². The topological polar surface area (TPSA) is 95.9 Å². The summed E-state index contributed by atoms with van der Waals surface area (Å²) in [5, 5.41) is 11.9. The van der Waals surface area contributed by atoms with E-state index in [4.69, 9.17) is 4.74 Å². The fourth-order valence-corrected chi connectivity index (χ4v) is 4.42. The van der Waals surface area contributed by atoms with Crippen LogP contribution in [-0.4, -0.2) is 54.2 Å². The zero-order chi connectivity index (χ0) is 23.4. The van der Waals surface area contributed by atoms with Crippen LogP contribution in [-0.2, 0) is 14.3 Å². The Hall–Kier alpha value is -4.05. The van der Waals surface area contributed by atoms with Crippen LogP contribution in [0.2, 0.25) is 0 Å². The molecule has 2 aliphatic rings. The van der Waals surface area contributed by atoms with Crippen LogP contribution >= 0.6 is 0 Å². The van der Waals surface area contributed by atoms with Crippen molar-refractivity contribution in [1.82, 2.24) is 10.2 Å². The van der Waals surface area contributed by atoms with Gasteiger partial charge in [-0.1, -0.05) is 60.5 Å². The predicted octanol–water partition coefficient (Wildman–Crippen LogP) is 3.02. The summed E-state index contributed by atoms with van der Waals surface area (Å²) in [5.41, 5.74) is 3.58. The average Bonchev–Trinajstić information content (AvgIpc) is 3.11. The molecular formula is C26H24N2O5. The van der Waals surface area contributed by atoms with Gasteiger partial charge in [-0.25, -0.2) is 4.79 Å². The summed E-state index contributed by atoms with van der Waals surface area (Å²) in [7, 11) is 0. The number of benzene rings is 2. The van der Waals surface area contributed by atoms with Crippen molar-refractivity contribution in [1.29, 1.82) is 0 Å². The normalized spacial score (nSPS) is 15.2. The maximum absolute atomic E-state index is 12.1. The average molecular weight is 444 g/mol. The highest BCUT2D eigenvalue weighted by molar-refractivity contribution is 5.95. The molecule has 1 aliphatic heterocycles. The first-order valence-electron chi connectivity index (χ1n) is 10.7. The number of carbonyl (C=O) groups excluding carboxylic acids is 2. The molecule has 2 amide bonds. The van der Waals surface area contributed by atoms with E-state index >= 15 is 0 Å². The summed E-state index contributed by atoms with van der Waals surface area (Å²) in [5.74, 6) is 3.57. The second-order valence-corrected chi connectivity index (χ2v) is 8.22. The lowest BCUT2D eigenvalue weighted by Gasteiger charge is -2.45. The van der Waals surface area contributed by atoms with E-state index in [1.165, 1.54) is 4.90 Å². The zero-order valence-corrected chi connectivity index (χ0v) is 18.0. The van der Waals surface area contributed by atoms with E-state index in [2.05, 4.69) is 35.9 Å². The Balaban J connectivity index is 1.26.